The molecular formula is C24H31ClF3N3O. The van der Waals surface area contributed by atoms with Crippen LogP contribution in [0.3, 0.4) is 0 Å². The molecule has 0 radical (unpaired) electrons. The summed E-state index contributed by atoms with van der Waals surface area (Å²) in [6.45, 7) is 10.4. The number of halogens is 4. The second-order valence-corrected chi connectivity index (χ2v) is 9.99. The van der Waals surface area contributed by atoms with Gasteiger partial charge in [0.15, 0.2) is 0 Å². The molecule has 1 fully saturated rings. The Morgan fingerprint density at radius 2 is 1.84 bits per heavy atom. The van der Waals surface area contributed by atoms with Crippen molar-refractivity contribution in [3.05, 3.63) is 46.2 Å². The summed E-state index contributed by atoms with van der Waals surface area (Å²) in [7, 11) is 1.70. The van der Waals surface area contributed by atoms with Crippen LogP contribution in [0, 0.1) is 12.3 Å². The van der Waals surface area contributed by atoms with E-state index in [1.54, 1.807) is 50.1 Å². The van der Waals surface area contributed by atoms with Crippen molar-refractivity contribution >= 4 is 17.5 Å². The maximum atomic E-state index is 14.2. The Kier molecular flexibility index (Phi) is 6.74. The van der Waals surface area contributed by atoms with Crippen LogP contribution < -0.4 is 5.32 Å². The highest BCUT2D eigenvalue weighted by atomic mass is 35.5. The molecule has 1 unspecified atom stereocenters. The normalized spacial score (nSPS) is 18.8. The van der Waals surface area contributed by atoms with Crippen molar-refractivity contribution in [3.8, 4) is 11.1 Å². The van der Waals surface area contributed by atoms with E-state index in [9.17, 15) is 18.0 Å². The highest BCUT2D eigenvalue weighted by Gasteiger charge is 2.44. The number of nitrogens with zero attached hydrogens (tertiary/aromatic N) is 2. The number of piperidine rings is 1. The first-order valence-corrected chi connectivity index (χ1v) is 11.2. The molecule has 176 valence electrons. The molecule has 1 saturated heterocycles. The highest BCUT2D eigenvalue weighted by molar-refractivity contribution is 6.30. The van der Waals surface area contributed by atoms with E-state index in [0.717, 1.165) is 24.1 Å². The van der Waals surface area contributed by atoms with Crippen LogP contribution in [0.4, 0.5) is 13.2 Å². The summed E-state index contributed by atoms with van der Waals surface area (Å²) in [6.07, 6.45) is -3.86. The molecule has 1 N–H and O–H groups in total. The average Bonchev–Trinajstić information content (AvgIpc) is 3.01. The Bertz CT molecular complexity index is 993. The van der Waals surface area contributed by atoms with Gasteiger partial charge in [0.25, 0.3) is 5.91 Å². The van der Waals surface area contributed by atoms with Gasteiger partial charge in [-0.15, -0.1) is 0 Å². The quantitative estimate of drug-likeness (QED) is 0.580. The smallest absolute Gasteiger partial charge is 0.337 e. The lowest BCUT2D eigenvalue weighted by molar-refractivity contribution is -0.144. The van der Waals surface area contributed by atoms with Crippen LogP contribution in [0.5, 0.6) is 0 Å². The molecule has 2 heterocycles. The van der Waals surface area contributed by atoms with Gasteiger partial charge in [-0.3, -0.25) is 4.79 Å². The van der Waals surface area contributed by atoms with Gasteiger partial charge in [-0.2, -0.15) is 13.2 Å². The maximum absolute atomic E-state index is 14.2. The number of carbonyl (C=O) groups is 1. The van der Waals surface area contributed by atoms with Crippen molar-refractivity contribution in [1.29, 1.82) is 0 Å². The Balaban J connectivity index is 2.27. The maximum Gasteiger partial charge on any atom is 0.431 e. The van der Waals surface area contributed by atoms with E-state index < -0.39 is 23.8 Å². The third-order valence-electron chi connectivity index (χ3n) is 6.43. The zero-order valence-corrected chi connectivity index (χ0v) is 20.2. The molecule has 1 aliphatic rings. The Hall–Kier alpha value is -1.99. The van der Waals surface area contributed by atoms with Crippen molar-refractivity contribution in [2.24, 2.45) is 5.41 Å². The van der Waals surface area contributed by atoms with E-state index in [4.69, 9.17) is 11.6 Å². The van der Waals surface area contributed by atoms with E-state index in [-0.39, 0.29) is 22.7 Å². The minimum atomic E-state index is -4.60. The second kappa shape index (κ2) is 8.75. The first-order valence-electron chi connectivity index (χ1n) is 10.8. The Morgan fingerprint density at radius 3 is 2.34 bits per heavy atom. The molecule has 1 aromatic heterocycles. The minimum absolute atomic E-state index is 0.0508. The fourth-order valence-corrected chi connectivity index (χ4v) is 5.06. The van der Waals surface area contributed by atoms with Crippen LogP contribution in [-0.4, -0.2) is 41.6 Å². The summed E-state index contributed by atoms with van der Waals surface area (Å²) < 4.78 is 43.8. The van der Waals surface area contributed by atoms with Crippen LogP contribution >= 0.6 is 11.6 Å². The number of hydrogen-bond donors (Lipinski definition) is 1. The molecular weight excluding hydrogens is 439 g/mol. The number of aromatic nitrogens is 1. The monoisotopic (exact) mass is 469 g/mol. The number of amides is 1. The van der Waals surface area contributed by atoms with Crippen molar-refractivity contribution in [3.63, 3.8) is 0 Å². The largest absolute Gasteiger partial charge is 0.431 e. The highest BCUT2D eigenvalue weighted by Crippen LogP contribution is 2.43. The van der Waals surface area contributed by atoms with Gasteiger partial charge >= 0.3 is 6.18 Å². The lowest BCUT2D eigenvalue weighted by Gasteiger charge is -2.44. The summed E-state index contributed by atoms with van der Waals surface area (Å²) in [4.78, 5) is 15.5. The van der Waals surface area contributed by atoms with Gasteiger partial charge in [-0.05, 0) is 62.4 Å². The summed E-state index contributed by atoms with van der Waals surface area (Å²) in [5, 5.41) is 3.82. The van der Waals surface area contributed by atoms with Crippen molar-refractivity contribution in [2.75, 3.05) is 20.1 Å². The van der Waals surface area contributed by atoms with E-state index in [2.05, 4.69) is 19.2 Å². The average molecular weight is 470 g/mol. The van der Waals surface area contributed by atoms with E-state index in [1.807, 2.05) is 0 Å². The molecule has 8 heteroatoms. The van der Waals surface area contributed by atoms with Gasteiger partial charge in [0.05, 0.1) is 0 Å². The first kappa shape index (κ1) is 24.6. The van der Waals surface area contributed by atoms with Gasteiger partial charge < -0.3 is 14.8 Å². The Labute approximate surface area is 192 Å². The minimum Gasteiger partial charge on any atom is -0.337 e. The number of carbonyl (C=O) groups excluding carboxylic acids is 1. The van der Waals surface area contributed by atoms with Crippen LogP contribution in [-0.2, 0) is 6.18 Å². The predicted octanol–water partition coefficient (Wildman–Crippen LogP) is 6.18. The standard InChI is InChI=1S/C24H31ClF3N3O/c1-14(2)31-20(22(32)30(6)18-11-12-29-13-23(18,4)5)19(15(3)21(31)24(26,27)28)16-7-9-17(25)10-8-16/h7-10,14,18,29H,11-13H2,1-6H3. The number of benzene rings is 1. The molecule has 1 aromatic carbocycles. The topological polar surface area (TPSA) is 37.3 Å². The lowest BCUT2D eigenvalue weighted by atomic mass is 9.79. The van der Waals surface area contributed by atoms with Crippen LogP contribution in [0.2, 0.25) is 5.02 Å². The van der Waals surface area contributed by atoms with Gasteiger partial charge in [0, 0.05) is 36.3 Å². The molecule has 4 nitrogen and oxygen atoms in total. The molecule has 1 atom stereocenters. The van der Waals surface area contributed by atoms with E-state index in [1.165, 1.54) is 6.92 Å². The SMILES string of the molecule is Cc1c(-c2ccc(Cl)cc2)c(C(=O)N(C)C2CCNCC2(C)C)n(C(C)C)c1C(F)(F)F. The lowest BCUT2D eigenvalue weighted by Crippen LogP contribution is -2.55. The van der Waals surface area contributed by atoms with Gasteiger partial charge in [-0.25, -0.2) is 0 Å². The summed E-state index contributed by atoms with van der Waals surface area (Å²) in [5.41, 5.74) is -0.0118. The first-order chi connectivity index (χ1) is 14.8. The molecule has 32 heavy (non-hydrogen) atoms. The zero-order chi connectivity index (χ0) is 24.0. The number of hydrogen-bond acceptors (Lipinski definition) is 2. The van der Waals surface area contributed by atoms with Gasteiger partial charge in [-0.1, -0.05) is 37.6 Å². The number of alkyl halides is 3. The fourth-order valence-electron chi connectivity index (χ4n) is 4.94. The van der Waals surface area contributed by atoms with E-state index in [0.29, 0.717) is 16.1 Å². The van der Waals surface area contributed by atoms with Gasteiger partial charge in [0.2, 0.25) is 0 Å². The summed E-state index contributed by atoms with van der Waals surface area (Å²) >= 11 is 6.02. The Morgan fingerprint density at radius 1 is 1.25 bits per heavy atom. The molecule has 0 spiro atoms. The van der Waals surface area contributed by atoms with Crippen LogP contribution in [0.15, 0.2) is 24.3 Å². The number of rotatable bonds is 4. The van der Waals surface area contributed by atoms with Crippen molar-refractivity contribution in [1.82, 2.24) is 14.8 Å². The zero-order valence-electron chi connectivity index (χ0n) is 19.4. The third-order valence-corrected chi connectivity index (χ3v) is 6.69. The second-order valence-electron chi connectivity index (χ2n) is 9.55. The predicted molar refractivity (Wildman–Crippen MR) is 122 cm³/mol. The third kappa shape index (κ3) is 4.42. The molecule has 1 amide bonds. The molecule has 0 bridgehead atoms. The summed E-state index contributed by atoms with van der Waals surface area (Å²) in [6, 6.07) is 5.94. The molecule has 1 aliphatic heterocycles. The summed E-state index contributed by atoms with van der Waals surface area (Å²) in [5.74, 6) is -0.401. The molecule has 0 saturated carbocycles. The van der Waals surface area contributed by atoms with Crippen LogP contribution in [0.1, 0.15) is 61.9 Å². The van der Waals surface area contributed by atoms with Crippen LogP contribution in [0.25, 0.3) is 11.1 Å². The molecule has 3 rings (SSSR count). The molecule has 0 aliphatic carbocycles. The van der Waals surface area contributed by atoms with Crippen molar-refractivity contribution in [2.45, 2.75) is 59.3 Å². The fraction of sp³-hybridized carbons (Fsp3) is 0.542. The number of nitrogens with one attached hydrogen (secondary N) is 1. The van der Waals surface area contributed by atoms with Crippen molar-refractivity contribution < 1.29 is 18.0 Å². The van der Waals surface area contributed by atoms with E-state index >= 15 is 0 Å². The molecule has 2 aromatic rings. The van der Waals surface area contributed by atoms with Gasteiger partial charge in [0.1, 0.15) is 11.4 Å².